The lowest BCUT2D eigenvalue weighted by atomic mass is 10.1. The first-order valence-corrected chi connectivity index (χ1v) is 6.87. The molecule has 0 radical (unpaired) electrons. The van der Waals surface area contributed by atoms with E-state index in [-0.39, 0.29) is 11.6 Å². The van der Waals surface area contributed by atoms with Crippen molar-refractivity contribution in [3.8, 4) is 0 Å². The molecule has 0 aromatic carbocycles. The highest BCUT2D eigenvalue weighted by molar-refractivity contribution is 6.31. The van der Waals surface area contributed by atoms with Crippen LogP contribution in [0.3, 0.4) is 0 Å². The van der Waals surface area contributed by atoms with Gasteiger partial charge in [-0.3, -0.25) is 9.78 Å². The summed E-state index contributed by atoms with van der Waals surface area (Å²) in [7, 11) is 1.78. The van der Waals surface area contributed by atoms with Crippen LogP contribution in [0.5, 0.6) is 0 Å². The van der Waals surface area contributed by atoms with Crippen molar-refractivity contribution in [2.24, 2.45) is 7.05 Å². The number of rotatable bonds is 4. The van der Waals surface area contributed by atoms with Gasteiger partial charge in [0.1, 0.15) is 0 Å². The fraction of sp³-hybridized carbons (Fsp3) is 0.333. The Morgan fingerprint density at radius 2 is 2.15 bits per heavy atom. The van der Waals surface area contributed by atoms with Gasteiger partial charge in [0.15, 0.2) is 0 Å². The van der Waals surface area contributed by atoms with E-state index in [2.05, 4.69) is 10.3 Å². The molecule has 1 N–H and O–H groups in total. The Bertz CT molecular complexity index is 666. The first-order valence-electron chi connectivity index (χ1n) is 6.49. The quantitative estimate of drug-likeness (QED) is 0.942. The molecule has 0 bridgehead atoms. The molecule has 4 nitrogen and oxygen atoms in total. The minimum atomic E-state index is 0.0329. The van der Waals surface area contributed by atoms with Crippen LogP contribution in [0.25, 0.3) is 0 Å². The van der Waals surface area contributed by atoms with Crippen molar-refractivity contribution in [2.75, 3.05) is 0 Å². The van der Waals surface area contributed by atoms with Crippen LogP contribution in [0.15, 0.2) is 35.4 Å². The molecule has 2 rings (SSSR count). The van der Waals surface area contributed by atoms with E-state index in [4.69, 9.17) is 11.6 Å². The van der Waals surface area contributed by atoms with Crippen LogP contribution in [0.2, 0.25) is 5.02 Å². The molecule has 0 aliphatic rings. The van der Waals surface area contributed by atoms with Gasteiger partial charge in [0, 0.05) is 43.3 Å². The molecular formula is C15H18ClN3O. The number of hydrogen-bond acceptors (Lipinski definition) is 3. The number of nitrogens with one attached hydrogen (secondary N) is 1. The van der Waals surface area contributed by atoms with Crippen molar-refractivity contribution < 1.29 is 0 Å². The summed E-state index contributed by atoms with van der Waals surface area (Å²) in [6, 6.07) is 5.75. The predicted molar refractivity (Wildman–Crippen MR) is 80.9 cm³/mol. The van der Waals surface area contributed by atoms with Crippen LogP contribution in [0.1, 0.15) is 29.8 Å². The van der Waals surface area contributed by atoms with Gasteiger partial charge in [-0.2, -0.15) is 0 Å². The number of aromatic nitrogens is 2. The summed E-state index contributed by atoms with van der Waals surface area (Å²) < 4.78 is 1.65. The predicted octanol–water partition coefficient (Wildman–Crippen LogP) is 2.59. The van der Waals surface area contributed by atoms with Crippen molar-refractivity contribution in [2.45, 2.75) is 26.4 Å². The number of nitrogens with zero attached hydrogens (tertiary/aromatic N) is 2. The van der Waals surface area contributed by atoms with E-state index >= 15 is 0 Å². The second kappa shape index (κ2) is 6.20. The molecule has 0 saturated heterocycles. The second-order valence-electron chi connectivity index (χ2n) is 4.86. The van der Waals surface area contributed by atoms with Crippen LogP contribution >= 0.6 is 11.6 Å². The van der Waals surface area contributed by atoms with Gasteiger partial charge in [0.25, 0.3) is 5.56 Å². The summed E-state index contributed by atoms with van der Waals surface area (Å²) >= 11 is 6.11. The van der Waals surface area contributed by atoms with Gasteiger partial charge < -0.3 is 9.88 Å². The van der Waals surface area contributed by atoms with Gasteiger partial charge in [-0.05, 0) is 31.5 Å². The highest BCUT2D eigenvalue weighted by atomic mass is 35.5. The van der Waals surface area contributed by atoms with E-state index in [9.17, 15) is 4.79 Å². The van der Waals surface area contributed by atoms with Crippen molar-refractivity contribution in [1.82, 2.24) is 14.9 Å². The molecule has 1 unspecified atom stereocenters. The summed E-state index contributed by atoms with van der Waals surface area (Å²) in [6.45, 7) is 4.44. The fourth-order valence-corrected chi connectivity index (χ4v) is 2.31. The van der Waals surface area contributed by atoms with Crippen molar-refractivity contribution in [3.05, 3.63) is 62.8 Å². The van der Waals surface area contributed by atoms with E-state index in [1.807, 2.05) is 32.0 Å². The Labute approximate surface area is 123 Å². The molecule has 2 heterocycles. The lowest BCUT2D eigenvalue weighted by Gasteiger charge is -2.15. The maximum atomic E-state index is 12.1. The van der Waals surface area contributed by atoms with Gasteiger partial charge in [-0.15, -0.1) is 0 Å². The average Bonchev–Trinajstić information content (AvgIpc) is 2.44. The molecule has 2 aromatic heterocycles. The molecule has 0 aliphatic heterocycles. The van der Waals surface area contributed by atoms with Crippen LogP contribution in [0.4, 0.5) is 0 Å². The van der Waals surface area contributed by atoms with E-state index < -0.39 is 0 Å². The minimum absolute atomic E-state index is 0.0329. The standard InChI is InChI=1S/C15H18ClN3O/c1-10-4-5-12(15(20)19(10)3)8-18-11(2)13-6-7-17-9-14(13)16/h4-7,9,11,18H,8H2,1-3H3. The van der Waals surface area contributed by atoms with Crippen LogP contribution in [-0.4, -0.2) is 9.55 Å². The van der Waals surface area contributed by atoms with Gasteiger partial charge in [0.2, 0.25) is 0 Å². The van der Waals surface area contributed by atoms with Crippen molar-refractivity contribution in [1.29, 1.82) is 0 Å². The third kappa shape index (κ3) is 3.08. The van der Waals surface area contributed by atoms with E-state index in [1.165, 1.54) is 0 Å². The van der Waals surface area contributed by atoms with Gasteiger partial charge in [-0.1, -0.05) is 17.7 Å². The van der Waals surface area contributed by atoms with Crippen LogP contribution < -0.4 is 10.9 Å². The summed E-state index contributed by atoms with van der Waals surface area (Å²) in [4.78, 5) is 16.1. The maximum absolute atomic E-state index is 12.1. The topological polar surface area (TPSA) is 46.9 Å². The monoisotopic (exact) mass is 291 g/mol. The molecule has 0 saturated carbocycles. The van der Waals surface area contributed by atoms with Crippen molar-refractivity contribution in [3.63, 3.8) is 0 Å². The van der Waals surface area contributed by atoms with Crippen LogP contribution in [-0.2, 0) is 13.6 Å². The van der Waals surface area contributed by atoms with E-state index in [1.54, 1.807) is 24.0 Å². The molecule has 5 heteroatoms. The number of hydrogen-bond donors (Lipinski definition) is 1. The first kappa shape index (κ1) is 14.8. The maximum Gasteiger partial charge on any atom is 0.254 e. The molecule has 106 valence electrons. The first-order chi connectivity index (χ1) is 9.50. The largest absolute Gasteiger partial charge is 0.316 e. The Hall–Kier alpha value is -1.65. The van der Waals surface area contributed by atoms with E-state index in [0.717, 1.165) is 16.8 Å². The zero-order chi connectivity index (χ0) is 14.7. The molecule has 20 heavy (non-hydrogen) atoms. The van der Waals surface area contributed by atoms with Crippen LogP contribution in [0, 0.1) is 6.92 Å². The normalized spacial score (nSPS) is 12.4. The third-order valence-corrected chi connectivity index (χ3v) is 3.82. The molecular weight excluding hydrogens is 274 g/mol. The Morgan fingerprint density at radius 1 is 1.40 bits per heavy atom. The highest BCUT2D eigenvalue weighted by Gasteiger charge is 2.10. The van der Waals surface area contributed by atoms with Gasteiger partial charge in [0.05, 0.1) is 5.02 Å². The lowest BCUT2D eigenvalue weighted by Crippen LogP contribution is -2.27. The number of halogens is 1. The zero-order valence-electron chi connectivity index (χ0n) is 11.9. The Balaban J connectivity index is 2.12. The number of pyridine rings is 2. The second-order valence-corrected chi connectivity index (χ2v) is 5.27. The summed E-state index contributed by atoms with van der Waals surface area (Å²) in [5, 5.41) is 3.95. The molecule has 0 aliphatic carbocycles. The van der Waals surface area contributed by atoms with Gasteiger partial charge in [-0.25, -0.2) is 0 Å². The third-order valence-electron chi connectivity index (χ3n) is 3.50. The SMILES string of the molecule is Cc1ccc(CNC(C)c2ccncc2Cl)c(=O)n1C. The number of aryl methyl sites for hydroxylation is 1. The molecule has 1 atom stereocenters. The summed E-state index contributed by atoms with van der Waals surface area (Å²) in [5.74, 6) is 0. The van der Waals surface area contributed by atoms with Crippen molar-refractivity contribution >= 4 is 11.6 Å². The Kier molecular flexibility index (Phi) is 4.57. The zero-order valence-corrected chi connectivity index (χ0v) is 12.6. The molecule has 0 amide bonds. The fourth-order valence-electron chi connectivity index (χ4n) is 2.02. The molecule has 2 aromatic rings. The minimum Gasteiger partial charge on any atom is -0.316 e. The van der Waals surface area contributed by atoms with E-state index in [0.29, 0.717) is 11.6 Å². The highest BCUT2D eigenvalue weighted by Crippen LogP contribution is 2.21. The molecule has 0 fully saturated rings. The average molecular weight is 292 g/mol. The summed E-state index contributed by atoms with van der Waals surface area (Å²) in [6.07, 6.45) is 3.34. The smallest absolute Gasteiger partial charge is 0.254 e. The molecule has 0 spiro atoms. The Morgan fingerprint density at radius 3 is 2.85 bits per heavy atom. The summed E-state index contributed by atoms with van der Waals surface area (Å²) in [5.41, 5.74) is 2.70. The lowest BCUT2D eigenvalue weighted by molar-refractivity contribution is 0.568. The van der Waals surface area contributed by atoms with Gasteiger partial charge >= 0.3 is 0 Å².